The number of nitrogens with one attached hydrogen (secondary N) is 2. The van der Waals surface area contributed by atoms with Gasteiger partial charge in [0.15, 0.2) is 0 Å². The van der Waals surface area contributed by atoms with Gasteiger partial charge < -0.3 is 15.5 Å². The maximum Gasteiger partial charge on any atom is 0.242 e. The van der Waals surface area contributed by atoms with Crippen LogP contribution in [0.3, 0.4) is 0 Å². The summed E-state index contributed by atoms with van der Waals surface area (Å²) in [5.41, 5.74) is 1.63. The third kappa shape index (κ3) is 3.04. The normalized spacial score (nSPS) is 18.8. The maximum atomic E-state index is 12.0. The topological polar surface area (TPSA) is 68.2 Å². The summed E-state index contributed by atoms with van der Waals surface area (Å²) in [5.74, 6) is 0.0749. The third-order valence-electron chi connectivity index (χ3n) is 3.33. The van der Waals surface area contributed by atoms with Crippen molar-refractivity contribution in [3.8, 4) is 6.07 Å². The molecular formula is C14H18N4O. The zero-order valence-electron chi connectivity index (χ0n) is 11.0. The van der Waals surface area contributed by atoms with Crippen LogP contribution in [0.15, 0.2) is 24.3 Å². The summed E-state index contributed by atoms with van der Waals surface area (Å²) in [4.78, 5) is 14.1. The lowest BCUT2D eigenvalue weighted by atomic mass is 10.1. The minimum atomic E-state index is -0.144. The molecule has 1 aromatic carbocycles. The molecule has 0 bridgehead atoms. The number of piperazine rings is 1. The molecule has 1 unspecified atom stereocenters. The van der Waals surface area contributed by atoms with Crippen LogP contribution in [0.5, 0.6) is 0 Å². The quantitative estimate of drug-likeness (QED) is 0.824. The van der Waals surface area contributed by atoms with Crippen LogP contribution in [0.25, 0.3) is 0 Å². The first kappa shape index (κ1) is 13.4. The Morgan fingerprint density at radius 1 is 1.47 bits per heavy atom. The molecule has 1 aliphatic heterocycles. The van der Waals surface area contributed by atoms with E-state index in [0.29, 0.717) is 12.1 Å². The molecule has 1 fully saturated rings. The second-order valence-corrected chi connectivity index (χ2v) is 4.55. The van der Waals surface area contributed by atoms with Crippen LogP contribution in [-0.2, 0) is 4.79 Å². The second-order valence-electron chi connectivity index (χ2n) is 4.55. The van der Waals surface area contributed by atoms with Gasteiger partial charge in [-0.1, -0.05) is 0 Å². The van der Waals surface area contributed by atoms with E-state index in [1.54, 1.807) is 12.1 Å². The molecule has 1 heterocycles. The van der Waals surface area contributed by atoms with Crippen LogP contribution in [-0.4, -0.2) is 38.6 Å². The van der Waals surface area contributed by atoms with Gasteiger partial charge in [0.1, 0.15) is 6.04 Å². The van der Waals surface area contributed by atoms with Gasteiger partial charge >= 0.3 is 0 Å². The van der Waals surface area contributed by atoms with Crippen LogP contribution in [0.2, 0.25) is 0 Å². The molecule has 0 saturated carbocycles. The summed E-state index contributed by atoms with van der Waals surface area (Å²) in [6.07, 6.45) is 0.766. The predicted molar refractivity (Wildman–Crippen MR) is 73.8 cm³/mol. The highest BCUT2D eigenvalue weighted by atomic mass is 16.2. The van der Waals surface area contributed by atoms with Crippen molar-refractivity contribution in [1.29, 1.82) is 5.26 Å². The first-order valence-electron chi connectivity index (χ1n) is 6.45. The average molecular weight is 258 g/mol. The Kier molecular flexibility index (Phi) is 4.37. The molecule has 2 N–H and O–H groups in total. The van der Waals surface area contributed by atoms with Crippen molar-refractivity contribution in [2.24, 2.45) is 0 Å². The Bertz CT molecular complexity index is 477. The number of anilines is 1. The molecular weight excluding hydrogens is 240 g/mol. The molecule has 19 heavy (non-hydrogen) atoms. The fraction of sp³-hybridized carbons (Fsp3) is 0.429. The van der Waals surface area contributed by atoms with Crippen LogP contribution in [0.4, 0.5) is 5.69 Å². The summed E-state index contributed by atoms with van der Waals surface area (Å²) in [5, 5.41) is 14.8. The molecule has 0 aliphatic carbocycles. The Morgan fingerprint density at radius 3 is 2.84 bits per heavy atom. The average Bonchev–Trinajstić information content (AvgIpc) is 2.46. The number of nitriles is 1. The van der Waals surface area contributed by atoms with Crippen LogP contribution in [0, 0.1) is 11.3 Å². The first-order valence-corrected chi connectivity index (χ1v) is 6.45. The van der Waals surface area contributed by atoms with E-state index in [0.717, 1.165) is 25.2 Å². The lowest BCUT2D eigenvalue weighted by Gasteiger charge is -2.36. The van der Waals surface area contributed by atoms with Crippen molar-refractivity contribution < 1.29 is 4.79 Å². The van der Waals surface area contributed by atoms with Gasteiger partial charge in [-0.3, -0.25) is 4.79 Å². The fourth-order valence-corrected chi connectivity index (χ4v) is 2.32. The highest BCUT2D eigenvalue weighted by Crippen LogP contribution is 2.20. The monoisotopic (exact) mass is 258 g/mol. The minimum Gasteiger partial charge on any atom is -0.358 e. The second kappa shape index (κ2) is 6.21. The Balaban J connectivity index is 2.18. The number of hydrogen-bond acceptors (Lipinski definition) is 4. The molecule has 5 heteroatoms. The zero-order valence-corrected chi connectivity index (χ0v) is 11.0. The number of nitrogens with zero attached hydrogens (tertiary/aromatic N) is 2. The van der Waals surface area contributed by atoms with E-state index in [2.05, 4.69) is 21.6 Å². The molecule has 1 saturated heterocycles. The first-order chi connectivity index (χ1) is 9.26. The van der Waals surface area contributed by atoms with Gasteiger partial charge in [0.25, 0.3) is 0 Å². The number of benzene rings is 1. The Hall–Kier alpha value is -2.06. The molecule has 2 rings (SSSR count). The summed E-state index contributed by atoms with van der Waals surface area (Å²) in [6.45, 7) is 2.26. The third-order valence-corrected chi connectivity index (χ3v) is 3.33. The van der Waals surface area contributed by atoms with E-state index in [1.807, 2.05) is 19.2 Å². The molecule has 1 aliphatic rings. The van der Waals surface area contributed by atoms with Crippen LogP contribution in [0.1, 0.15) is 12.0 Å². The van der Waals surface area contributed by atoms with E-state index in [4.69, 9.17) is 5.26 Å². The van der Waals surface area contributed by atoms with Gasteiger partial charge in [-0.15, -0.1) is 0 Å². The van der Waals surface area contributed by atoms with Gasteiger partial charge in [-0.2, -0.15) is 5.26 Å². The lowest BCUT2D eigenvalue weighted by molar-refractivity contribution is -0.123. The molecule has 5 nitrogen and oxygen atoms in total. The van der Waals surface area contributed by atoms with Gasteiger partial charge in [0, 0.05) is 18.8 Å². The highest BCUT2D eigenvalue weighted by molar-refractivity contribution is 5.86. The lowest BCUT2D eigenvalue weighted by Crippen LogP contribution is -2.56. The van der Waals surface area contributed by atoms with Crippen molar-refractivity contribution >= 4 is 11.6 Å². The molecule has 1 amide bonds. The van der Waals surface area contributed by atoms with Crippen molar-refractivity contribution in [3.05, 3.63) is 29.8 Å². The Morgan fingerprint density at radius 2 is 2.21 bits per heavy atom. The maximum absolute atomic E-state index is 12.0. The smallest absolute Gasteiger partial charge is 0.242 e. The van der Waals surface area contributed by atoms with Crippen molar-refractivity contribution in [1.82, 2.24) is 10.6 Å². The van der Waals surface area contributed by atoms with E-state index in [-0.39, 0.29) is 11.9 Å². The minimum absolute atomic E-state index is 0.0749. The van der Waals surface area contributed by atoms with Gasteiger partial charge in [0.05, 0.1) is 11.6 Å². The molecule has 1 aromatic rings. The highest BCUT2D eigenvalue weighted by Gasteiger charge is 2.29. The van der Waals surface area contributed by atoms with Gasteiger partial charge in [0.2, 0.25) is 5.91 Å². The summed E-state index contributed by atoms with van der Waals surface area (Å²) in [6, 6.07) is 9.35. The van der Waals surface area contributed by atoms with E-state index in [9.17, 15) is 4.79 Å². The number of amides is 1. The fourth-order valence-electron chi connectivity index (χ4n) is 2.32. The predicted octanol–water partition coefficient (Wildman–Crippen LogP) is 0.473. The van der Waals surface area contributed by atoms with E-state index < -0.39 is 0 Å². The van der Waals surface area contributed by atoms with Crippen molar-refractivity contribution in [2.45, 2.75) is 12.5 Å². The number of rotatable bonds is 4. The van der Waals surface area contributed by atoms with Gasteiger partial charge in [-0.05, 0) is 44.3 Å². The van der Waals surface area contributed by atoms with E-state index in [1.165, 1.54) is 0 Å². The summed E-state index contributed by atoms with van der Waals surface area (Å²) >= 11 is 0. The molecule has 0 radical (unpaired) electrons. The van der Waals surface area contributed by atoms with Crippen molar-refractivity contribution in [3.63, 3.8) is 0 Å². The number of hydrogen-bond donors (Lipinski definition) is 2. The summed E-state index contributed by atoms with van der Waals surface area (Å²) < 4.78 is 0. The zero-order chi connectivity index (χ0) is 13.7. The van der Waals surface area contributed by atoms with Gasteiger partial charge in [-0.25, -0.2) is 0 Å². The van der Waals surface area contributed by atoms with E-state index >= 15 is 0 Å². The standard InChI is InChI=1S/C14H18N4O/c1-16-7-6-13-14(19)17-8-9-18(13)12-4-2-11(10-15)3-5-12/h2-5,13,16H,6-9H2,1H3,(H,17,19). The van der Waals surface area contributed by atoms with Crippen LogP contribution < -0.4 is 15.5 Å². The van der Waals surface area contributed by atoms with Crippen molar-refractivity contribution in [2.75, 3.05) is 31.6 Å². The summed E-state index contributed by atoms with van der Waals surface area (Å²) in [7, 11) is 1.88. The molecule has 0 spiro atoms. The molecule has 0 aromatic heterocycles. The SMILES string of the molecule is CNCCC1C(=O)NCCN1c1ccc(C#N)cc1. The number of carbonyl (C=O) groups excluding carboxylic acids is 1. The Labute approximate surface area is 113 Å². The largest absolute Gasteiger partial charge is 0.358 e. The number of carbonyl (C=O) groups is 1. The molecule has 1 atom stereocenters. The molecule has 100 valence electrons. The van der Waals surface area contributed by atoms with Crippen LogP contribution >= 0.6 is 0 Å².